The number of amides is 2. The fraction of sp³-hybridized carbons (Fsp3) is 0.0625. The van der Waals surface area contributed by atoms with E-state index in [-0.39, 0.29) is 11.7 Å². The van der Waals surface area contributed by atoms with Crippen LogP contribution in [0.5, 0.6) is 0 Å². The van der Waals surface area contributed by atoms with Gasteiger partial charge in [-0.2, -0.15) is 4.99 Å². The van der Waals surface area contributed by atoms with Crippen LogP contribution in [0.15, 0.2) is 58.0 Å². The van der Waals surface area contributed by atoms with Crippen LogP contribution in [-0.2, 0) is 4.79 Å². The maximum atomic E-state index is 12.3. The first-order valence-corrected chi connectivity index (χ1v) is 8.81. The van der Waals surface area contributed by atoms with E-state index in [2.05, 4.69) is 20.9 Å². The van der Waals surface area contributed by atoms with Crippen LogP contribution in [0.1, 0.15) is 10.4 Å². The molecule has 7 heteroatoms. The average Bonchev–Trinajstić information content (AvgIpc) is 2.89. The molecule has 2 aromatic rings. The number of carbonyl (C=O) groups excluding carboxylic acids is 2. The molecule has 116 valence electrons. The number of hydrogen-bond acceptors (Lipinski definition) is 3. The highest BCUT2D eigenvalue weighted by Gasteiger charge is 2.31. The van der Waals surface area contributed by atoms with E-state index in [0.717, 1.165) is 4.47 Å². The molecule has 0 spiro atoms. The molecule has 23 heavy (non-hydrogen) atoms. The molecule has 0 aromatic heterocycles. The lowest BCUT2D eigenvalue weighted by molar-refractivity contribution is -0.115. The molecule has 0 unspecified atom stereocenters. The van der Waals surface area contributed by atoms with Gasteiger partial charge < -0.3 is 0 Å². The van der Waals surface area contributed by atoms with E-state index < -0.39 is 5.91 Å². The monoisotopic (exact) mass is 408 g/mol. The Hall–Kier alpha value is -1.63. The maximum Gasteiger partial charge on any atom is 0.279 e. The van der Waals surface area contributed by atoms with Gasteiger partial charge in [-0.05, 0) is 36.4 Å². The molecule has 3 rings (SSSR count). The third-order valence-electron chi connectivity index (χ3n) is 3.15. The van der Waals surface area contributed by atoms with Gasteiger partial charge in [0.2, 0.25) is 5.91 Å². The minimum atomic E-state index is -0.397. The van der Waals surface area contributed by atoms with Crippen LogP contribution in [0.3, 0.4) is 0 Å². The Labute approximate surface area is 150 Å². The average molecular weight is 410 g/mol. The molecule has 0 saturated carbocycles. The normalized spacial score (nSPS) is 16.2. The van der Waals surface area contributed by atoms with Gasteiger partial charge in [0.25, 0.3) is 5.91 Å². The predicted molar refractivity (Wildman–Crippen MR) is 97.3 cm³/mol. The first-order valence-electron chi connectivity index (χ1n) is 6.65. The summed E-state index contributed by atoms with van der Waals surface area (Å²) in [5, 5.41) is 0.781. The molecule has 1 aliphatic rings. The molecular weight excluding hydrogens is 400 g/mol. The summed E-state index contributed by atoms with van der Waals surface area (Å²) in [6.07, 6.45) is 0. The van der Waals surface area contributed by atoms with E-state index in [1.807, 2.05) is 0 Å². The molecule has 0 radical (unpaired) electrons. The summed E-state index contributed by atoms with van der Waals surface area (Å²) in [5.74, 6) is -0.310. The zero-order valence-electron chi connectivity index (χ0n) is 11.7. The van der Waals surface area contributed by atoms with E-state index in [1.54, 1.807) is 48.5 Å². The van der Waals surface area contributed by atoms with Crippen LogP contribution in [0.25, 0.3) is 0 Å². The second-order valence-electron chi connectivity index (χ2n) is 4.68. The number of halogens is 2. The van der Waals surface area contributed by atoms with Gasteiger partial charge >= 0.3 is 0 Å². The number of para-hydroxylation sites is 1. The third-order valence-corrected chi connectivity index (χ3v) is 4.92. The van der Waals surface area contributed by atoms with Gasteiger partial charge in [-0.3, -0.25) is 14.5 Å². The van der Waals surface area contributed by atoms with E-state index in [9.17, 15) is 9.59 Å². The molecule has 1 fully saturated rings. The number of anilines is 1. The van der Waals surface area contributed by atoms with Crippen molar-refractivity contribution < 1.29 is 9.59 Å². The molecule has 1 heterocycles. The van der Waals surface area contributed by atoms with Crippen molar-refractivity contribution in [1.82, 2.24) is 0 Å². The largest absolute Gasteiger partial charge is 0.279 e. The summed E-state index contributed by atoms with van der Waals surface area (Å²) in [6, 6.07) is 13.9. The molecule has 0 N–H and O–H groups in total. The second-order valence-corrected chi connectivity index (χ2v) is 6.94. The summed E-state index contributed by atoms with van der Waals surface area (Å²) in [4.78, 5) is 29.9. The van der Waals surface area contributed by atoms with E-state index in [4.69, 9.17) is 11.6 Å². The van der Waals surface area contributed by atoms with Gasteiger partial charge in [-0.25, -0.2) is 0 Å². The zero-order valence-corrected chi connectivity index (χ0v) is 14.9. The highest BCUT2D eigenvalue weighted by atomic mass is 79.9. The number of carbonyl (C=O) groups is 2. The summed E-state index contributed by atoms with van der Waals surface area (Å²) in [7, 11) is 0. The smallest absolute Gasteiger partial charge is 0.273 e. The molecular formula is C16H10BrClN2O2S. The van der Waals surface area contributed by atoms with Crippen molar-refractivity contribution in [2.24, 2.45) is 4.99 Å². The molecule has 0 atom stereocenters. The van der Waals surface area contributed by atoms with Crippen molar-refractivity contribution >= 4 is 62.0 Å². The van der Waals surface area contributed by atoms with Crippen LogP contribution in [0.4, 0.5) is 5.69 Å². The lowest BCUT2D eigenvalue weighted by Gasteiger charge is -2.17. The van der Waals surface area contributed by atoms with Crippen molar-refractivity contribution in [3.63, 3.8) is 0 Å². The number of amidine groups is 1. The van der Waals surface area contributed by atoms with Crippen LogP contribution in [-0.4, -0.2) is 22.7 Å². The first-order chi connectivity index (χ1) is 11.1. The van der Waals surface area contributed by atoms with E-state index in [0.29, 0.717) is 21.4 Å². The summed E-state index contributed by atoms with van der Waals surface area (Å²) in [5.41, 5.74) is 0.992. The van der Waals surface area contributed by atoms with Crippen LogP contribution >= 0.6 is 39.3 Å². The number of thioether (sulfide) groups is 1. The maximum absolute atomic E-state index is 12.3. The Morgan fingerprint density at radius 2 is 1.87 bits per heavy atom. The number of nitrogens with zero attached hydrogens (tertiary/aromatic N) is 2. The second kappa shape index (κ2) is 6.86. The molecule has 4 nitrogen and oxygen atoms in total. The fourth-order valence-electron chi connectivity index (χ4n) is 2.06. The van der Waals surface area contributed by atoms with E-state index in [1.165, 1.54) is 16.7 Å². The topological polar surface area (TPSA) is 49.7 Å². The van der Waals surface area contributed by atoms with Crippen LogP contribution in [0, 0.1) is 0 Å². The highest BCUT2D eigenvalue weighted by Crippen LogP contribution is 2.32. The van der Waals surface area contributed by atoms with E-state index >= 15 is 0 Å². The number of hydrogen-bond donors (Lipinski definition) is 0. The van der Waals surface area contributed by atoms with Crippen LogP contribution in [0.2, 0.25) is 5.02 Å². The zero-order chi connectivity index (χ0) is 16.4. The van der Waals surface area contributed by atoms with Gasteiger partial charge in [-0.15, -0.1) is 0 Å². The molecule has 1 aliphatic heterocycles. The van der Waals surface area contributed by atoms with Crippen molar-refractivity contribution in [3.8, 4) is 0 Å². The Morgan fingerprint density at radius 3 is 2.57 bits per heavy atom. The third kappa shape index (κ3) is 3.49. The van der Waals surface area contributed by atoms with Crippen LogP contribution < -0.4 is 4.90 Å². The summed E-state index contributed by atoms with van der Waals surface area (Å²) in [6.45, 7) is 0. The number of aliphatic imine (C=N–C) groups is 1. The summed E-state index contributed by atoms with van der Waals surface area (Å²) < 4.78 is 0.879. The molecule has 0 bridgehead atoms. The predicted octanol–water partition coefficient (Wildman–Crippen LogP) is 4.38. The Morgan fingerprint density at radius 1 is 1.17 bits per heavy atom. The fourth-order valence-corrected chi connectivity index (χ4v) is 3.40. The van der Waals surface area contributed by atoms with Gasteiger partial charge in [-0.1, -0.05) is 51.4 Å². The lowest BCUT2D eigenvalue weighted by atomic mass is 10.2. The Balaban J connectivity index is 1.94. The summed E-state index contributed by atoms with van der Waals surface area (Å²) >= 11 is 10.7. The van der Waals surface area contributed by atoms with Crippen molar-refractivity contribution in [3.05, 3.63) is 63.6 Å². The lowest BCUT2D eigenvalue weighted by Crippen LogP contribution is -2.30. The van der Waals surface area contributed by atoms with Crippen molar-refractivity contribution in [1.29, 1.82) is 0 Å². The standard InChI is InChI=1S/C16H10BrClN2O2S/c17-11-7-5-10(6-8-11)15(22)19-16-20(14(21)9-23-16)13-4-2-1-3-12(13)18/h1-8H,9H2. The Bertz CT molecular complexity index is 808. The number of benzene rings is 2. The Kier molecular flexibility index (Phi) is 4.84. The quantitative estimate of drug-likeness (QED) is 0.739. The van der Waals surface area contributed by atoms with Crippen molar-refractivity contribution in [2.45, 2.75) is 0 Å². The minimum Gasteiger partial charge on any atom is -0.273 e. The molecule has 0 aliphatic carbocycles. The molecule has 2 aromatic carbocycles. The van der Waals surface area contributed by atoms with Crippen molar-refractivity contribution in [2.75, 3.05) is 10.7 Å². The molecule has 2 amide bonds. The van der Waals surface area contributed by atoms with Gasteiger partial charge in [0, 0.05) is 10.0 Å². The number of rotatable bonds is 2. The SMILES string of the molecule is O=C(N=C1SCC(=O)N1c1ccccc1Cl)c1ccc(Br)cc1. The minimum absolute atomic E-state index is 0.148. The van der Waals surface area contributed by atoms with Gasteiger partial charge in [0.15, 0.2) is 5.17 Å². The van der Waals surface area contributed by atoms with Gasteiger partial charge in [0.1, 0.15) is 0 Å². The first kappa shape index (κ1) is 16.2. The molecule has 1 saturated heterocycles. The van der Waals surface area contributed by atoms with Gasteiger partial charge in [0.05, 0.1) is 16.5 Å². The highest BCUT2D eigenvalue weighted by molar-refractivity contribution is 9.10.